The summed E-state index contributed by atoms with van der Waals surface area (Å²) in [5.41, 5.74) is 3.43. The first-order valence-corrected chi connectivity index (χ1v) is 15.7. The average molecular weight is 592 g/mol. The first-order valence-electron chi connectivity index (χ1n) is 15.7. The van der Waals surface area contributed by atoms with E-state index in [2.05, 4.69) is 24.1 Å². The fourth-order valence-electron chi connectivity index (χ4n) is 5.08. The van der Waals surface area contributed by atoms with E-state index < -0.39 is 23.8 Å². The number of benzene rings is 2. The second kappa shape index (κ2) is 16.9. The van der Waals surface area contributed by atoms with Gasteiger partial charge in [-0.1, -0.05) is 102 Å². The summed E-state index contributed by atoms with van der Waals surface area (Å²) in [5, 5.41) is 5.99. The lowest BCUT2D eigenvalue weighted by atomic mass is 9.94. The Labute approximate surface area is 259 Å². The third-order valence-electron chi connectivity index (χ3n) is 7.69. The highest BCUT2D eigenvalue weighted by molar-refractivity contribution is 6.00. The number of anilines is 1. The number of carbonyl (C=O) groups excluding carboxylic acids is 3. The largest absolute Gasteiger partial charge is 0.444 e. The summed E-state index contributed by atoms with van der Waals surface area (Å²) in [4.78, 5) is 43.5. The number of hydrogen-bond acceptors (Lipinski definition) is 4. The standard InChI is InChI=1S/C36H53N3O4/c1-10-13-14-15-16-23-39(34(41)31(25(4)11-2)38-35(42)43-36(7,8)9)32(29-22-18-21-28(12-3)24-29)33(40)37-30-26(5)19-17-20-27(30)6/h12,17-22,24-25,31-32H,3,10-11,13-16,23H2,1-2,4-9H3,(H,37,40)(H,38,42). The first-order chi connectivity index (χ1) is 20.3. The van der Waals surface area contributed by atoms with Gasteiger partial charge in [-0.25, -0.2) is 4.79 Å². The molecule has 0 aliphatic rings. The maximum Gasteiger partial charge on any atom is 0.408 e. The SMILES string of the molecule is C=Cc1cccc(C(C(=O)Nc2c(C)cccc2C)N(CCCCCCC)C(=O)C(NC(=O)OC(C)(C)C)C(C)CC)c1. The molecule has 2 N–H and O–H groups in total. The van der Waals surface area contributed by atoms with Crippen LogP contribution in [0.15, 0.2) is 49.0 Å². The molecule has 2 rings (SSSR count). The summed E-state index contributed by atoms with van der Waals surface area (Å²) in [5.74, 6) is -0.800. The molecule has 0 heterocycles. The molecule has 3 unspecified atom stereocenters. The predicted octanol–water partition coefficient (Wildman–Crippen LogP) is 8.36. The summed E-state index contributed by atoms with van der Waals surface area (Å²) in [6.45, 7) is 19.6. The van der Waals surface area contributed by atoms with Crippen molar-refractivity contribution in [3.8, 4) is 0 Å². The zero-order valence-corrected chi connectivity index (χ0v) is 27.6. The average Bonchev–Trinajstić information content (AvgIpc) is 2.95. The van der Waals surface area contributed by atoms with E-state index in [0.29, 0.717) is 18.5 Å². The zero-order chi connectivity index (χ0) is 32.2. The Morgan fingerprint density at radius 1 is 0.977 bits per heavy atom. The van der Waals surface area contributed by atoms with Gasteiger partial charge in [0.05, 0.1) is 0 Å². The number of carbonyl (C=O) groups is 3. The van der Waals surface area contributed by atoms with Crippen LogP contribution in [0.25, 0.3) is 6.08 Å². The van der Waals surface area contributed by atoms with E-state index >= 15 is 0 Å². The fourth-order valence-corrected chi connectivity index (χ4v) is 5.08. The molecule has 2 aromatic carbocycles. The lowest BCUT2D eigenvalue weighted by Crippen LogP contribution is -2.55. The van der Waals surface area contributed by atoms with Crippen molar-refractivity contribution in [1.29, 1.82) is 0 Å². The van der Waals surface area contributed by atoms with Gasteiger partial charge in [0.1, 0.15) is 17.7 Å². The lowest BCUT2D eigenvalue weighted by Gasteiger charge is -2.36. The third kappa shape index (κ3) is 10.9. The van der Waals surface area contributed by atoms with Crippen molar-refractivity contribution in [2.75, 3.05) is 11.9 Å². The van der Waals surface area contributed by atoms with E-state index in [-0.39, 0.29) is 17.7 Å². The van der Waals surface area contributed by atoms with Crippen LogP contribution in [0.4, 0.5) is 10.5 Å². The molecular weight excluding hydrogens is 538 g/mol. The Morgan fingerprint density at radius 3 is 2.19 bits per heavy atom. The van der Waals surface area contributed by atoms with Gasteiger partial charge in [0.2, 0.25) is 5.91 Å². The molecular formula is C36H53N3O4. The van der Waals surface area contributed by atoms with Gasteiger partial charge in [0, 0.05) is 12.2 Å². The minimum absolute atomic E-state index is 0.190. The highest BCUT2D eigenvalue weighted by Gasteiger charge is 2.38. The second-order valence-electron chi connectivity index (χ2n) is 12.5. The second-order valence-corrected chi connectivity index (χ2v) is 12.5. The minimum Gasteiger partial charge on any atom is -0.444 e. The van der Waals surface area contributed by atoms with E-state index in [9.17, 15) is 14.4 Å². The lowest BCUT2D eigenvalue weighted by molar-refractivity contribution is -0.142. The molecule has 2 aromatic rings. The van der Waals surface area contributed by atoms with Gasteiger partial charge in [-0.3, -0.25) is 9.59 Å². The summed E-state index contributed by atoms with van der Waals surface area (Å²) < 4.78 is 5.54. The van der Waals surface area contributed by atoms with E-state index in [0.717, 1.165) is 54.5 Å². The van der Waals surface area contributed by atoms with Crippen molar-refractivity contribution < 1.29 is 19.1 Å². The maximum atomic E-state index is 14.6. The van der Waals surface area contributed by atoms with E-state index in [1.54, 1.807) is 31.7 Å². The van der Waals surface area contributed by atoms with Crippen LogP contribution in [0.2, 0.25) is 0 Å². The van der Waals surface area contributed by atoms with Crippen molar-refractivity contribution in [1.82, 2.24) is 10.2 Å². The summed E-state index contributed by atoms with van der Waals surface area (Å²) in [6, 6.07) is 11.6. The zero-order valence-electron chi connectivity index (χ0n) is 27.6. The molecule has 0 aromatic heterocycles. The Morgan fingerprint density at radius 2 is 1.60 bits per heavy atom. The molecule has 0 aliphatic carbocycles. The number of hydrogen-bond donors (Lipinski definition) is 2. The Hall–Kier alpha value is -3.61. The molecule has 7 nitrogen and oxygen atoms in total. The van der Waals surface area contributed by atoms with E-state index in [4.69, 9.17) is 4.74 Å². The molecule has 0 fully saturated rings. The molecule has 0 saturated heterocycles. The molecule has 0 bridgehead atoms. The Balaban J connectivity index is 2.63. The van der Waals surface area contributed by atoms with Crippen LogP contribution >= 0.6 is 0 Å². The van der Waals surface area contributed by atoms with Crippen LogP contribution in [0.3, 0.4) is 0 Å². The smallest absolute Gasteiger partial charge is 0.408 e. The fraction of sp³-hybridized carbons (Fsp3) is 0.528. The summed E-state index contributed by atoms with van der Waals surface area (Å²) in [7, 11) is 0. The molecule has 3 amide bonds. The number of ether oxygens (including phenoxy) is 1. The van der Waals surface area contributed by atoms with Gasteiger partial charge in [-0.2, -0.15) is 0 Å². The normalized spacial score (nSPS) is 13.4. The number of amides is 3. The molecule has 0 spiro atoms. The molecule has 0 radical (unpaired) electrons. The van der Waals surface area contributed by atoms with Crippen molar-refractivity contribution in [3.63, 3.8) is 0 Å². The number of alkyl carbamates (subject to hydrolysis) is 1. The first kappa shape index (κ1) is 35.6. The van der Waals surface area contributed by atoms with Crippen molar-refractivity contribution in [3.05, 3.63) is 71.3 Å². The van der Waals surface area contributed by atoms with Crippen LogP contribution in [0, 0.1) is 19.8 Å². The monoisotopic (exact) mass is 591 g/mol. The molecule has 236 valence electrons. The number of rotatable bonds is 15. The van der Waals surface area contributed by atoms with Crippen LogP contribution in [0.5, 0.6) is 0 Å². The van der Waals surface area contributed by atoms with E-state index in [1.165, 1.54) is 0 Å². The van der Waals surface area contributed by atoms with Crippen molar-refractivity contribution in [2.24, 2.45) is 5.92 Å². The number of nitrogens with zero attached hydrogens (tertiary/aromatic N) is 1. The number of unbranched alkanes of at least 4 members (excludes halogenated alkanes) is 4. The highest BCUT2D eigenvalue weighted by atomic mass is 16.6. The Kier molecular flexibility index (Phi) is 14.0. The number of nitrogens with one attached hydrogen (secondary N) is 2. The van der Waals surface area contributed by atoms with Gasteiger partial charge in [-0.05, 0) is 75.3 Å². The van der Waals surface area contributed by atoms with Crippen molar-refractivity contribution >= 4 is 29.7 Å². The van der Waals surface area contributed by atoms with Gasteiger partial charge >= 0.3 is 6.09 Å². The van der Waals surface area contributed by atoms with Crippen molar-refractivity contribution in [2.45, 2.75) is 112 Å². The Bertz CT molecular complexity index is 1210. The summed E-state index contributed by atoms with van der Waals surface area (Å²) in [6.07, 6.45) is 6.67. The van der Waals surface area contributed by atoms with Crippen LogP contribution < -0.4 is 10.6 Å². The summed E-state index contributed by atoms with van der Waals surface area (Å²) >= 11 is 0. The molecule has 0 aliphatic heterocycles. The van der Waals surface area contributed by atoms with Crippen LogP contribution in [-0.4, -0.2) is 41.0 Å². The van der Waals surface area contributed by atoms with Gasteiger partial charge < -0.3 is 20.3 Å². The van der Waals surface area contributed by atoms with Gasteiger partial charge in [0.25, 0.3) is 5.91 Å². The van der Waals surface area contributed by atoms with Gasteiger partial charge in [0.15, 0.2) is 0 Å². The van der Waals surface area contributed by atoms with Crippen LogP contribution in [0.1, 0.15) is 108 Å². The molecule has 3 atom stereocenters. The minimum atomic E-state index is -0.926. The van der Waals surface area contributed by atoms with Crippen LogP contribution in [-0.2, 0) is 14.3 Å². The van der Waals surface area contributed by atoms with E-state index in [1.807, 2.05) is 70.2 Å². The molecule has 7 heteroatoms. The topological polar surface area (TPSA) is 87.7 Å². The quantitative estimate of drug-likeness (QED) is 0.204. The third-order valence-corrected chi connectivity index (χ3v) is 7.69. The molecule has 0 saturated carbocycles. The number of aryl methyl sites for hydroxylation is 2. The predicted molar refractivity (Wildman–Crippen MR) is 177 cm³/mol. The highest BCUT2D eigenvalue weighted by Crippen LogP contribution is 2.29. The maximum absolute atomic E-state index is 14.6. The molecule has 43 heavy (non-hydrogen) atoms. The number of para-hydroxylation sites is 1. The van der Waals surface area contributed by atoms with Gasteiger partial charge in [-0.15, -0.1) is 0 Å².